The molecular weight excluding hydrogens is 180 g/mol. The quantitative estimate of drug-likeness (QED) is 0.626. The van der Waals surface area contributed by atoms with E-state index in [9.17, 15) is 0 Å². The second-order valence-electron chi connectivity index (χ2n) is 4.68. The first-order valence-electron chi connectivity index (χ1n) is 6.05. The molecule has 0 radical (unpaired) electrons. The predicted octanol–water partition coefficient (Wildman–Crippen LogP) is 4.57. The van der Waals surface area contributed by atoms with Crippen LogP contribution in [-0.4, -0.2) is 0 Å². The first kappa shape index (κ1) is 10.5. The molecule has 0 aliphatic heterocycles. The molecule has 0 aromatic carbocycles. The van der Waals surface area contributed by atoms with Gasteiger partial charge in [-0.05, 0) is 38.0 Å². The highest BCUT2D eigenvalue weighted by molar-refractivity contribution is 5.23. The molecule has 2 aliphatic rings. The Morgan fingerprint density at radius 3 is 2.67 bits per heavy atom. The lowest BCUT2D eigenvalue weighted by Crippen LogP contribution is -1.98. The minimum absolute atomic E-state index is 0.741. The Morgan fingerprint density at radius 1 is 1.13 bits per heavy atom. The summed E-state index contributed by atoms with van der Waals surface area (Å²) in [6.07, 6.45) is 19.9. The Hall–Kier alpha value is -1.04. The molecule has 0 bridgehead atoms. The molecule has 0 heteroatoms. The van der Waals surface area contributed by atoms with Gasteiger partial charge in [0, 0.05) is 0 Å². The summed E-state index contributed by atoms with van der Waals surface area (Å²) in [4.78, 5) is 0. The van der Waals surface area contributed by atoms with Gasteiger partial charge < -0.3 is 0 Å². The molecule has 0 spiro atoms. The van der Waals surface area contributed by atoms with E-state index >= 15 is 0 Å². The molecule has 0 saturated carbocycles. The van der Waals surface area contributed by atoms with Crippen LogP contribution in [0.4, 0.5) is 0 Å². The van der Waals surface area contributed by atoms with Gasteiger partial charge in [-0.2, -0.15) is 0 Å². The summed E-state index contributed by atoms with van der Waals surface area (Å²) in [6.45, 7) is 2.30. The third kappa shape index (κ3) is 3.23. The van der Waals surface area contributed by atoms with Gasteiger partial charge in [0.2, 0.25) is 0 Å². The maximum absolute atomic E-state index is 2.30. The number of allylic oxidation sites excluding steroid dienone is 8. The third-order valence-electron chi connectivity index (χ3n) is 3.22. The summed E-state index contributed by atoms with van der Waals surface area (Å²) < 4.78 is 0. The first-order chi connectivity index (χ1) is 7.34. The van der Waals surface area contributed by atoms with E-state index < -0.39 is 0 Å². The first-order valence-corrected chi connectivity index (χ1v) is 6.05. The Bertz CT molecular complexity index is 326. The molecule has 0 N–H and O–H groups in total. The van der Waals surface area contributed by atoms with Crippen LogP contribution in [0.3, 0.4) is 0 Å². The standard InChI is InChI=1S/C15H20/c1-13-6-5-9-15(12-13)11-10-14-7-3-2-4-8-14/h2-3,5-7,9,13H,4,8,10-12H2,1H3. The van der Waals surface area contributed by atoms with E-state index in [2.05, 4.69) is 43.4 Å². The van der Waals surface area contributed by atoms with Gasteiger partial charge in [0.1, 0.15) is 0 Å². The van der Waals surface area contributed by atoms with Crippen molar-refractivity contribution in [3.8, 4) is 0 Å². The fraction of sp³-hybridized carbons (Fsp3) is 0.467. The van der Waals surface area contributed by atoms with Crippen LogP contribution in [0.15, 0.2) is 47.6 Å². The normalized spacial score (nSPS) is 25.0. The Kier molecular flexibility index (Phi) is 3.60. The van der Waals surface area contributed by atoms with Crippen LogP contribution >= 0.6 is 0 Å². The highest BCUT2D eigenvalue weighted by Crippen LogP contribution is 2.25. The molecule has 0 aromatic rings. The van der Waals surface area contributed by atoms with Crippen LogP contribution in [0.5, 0.6) is 0 Å². The minimum atomic E-state index is 0.741. The van der Waals surface area contributed by atoms with Gasteiger partial charge in [0.05, 0.1) is 0 Å². The van der Waals surface area contributed by atoms with E-state index in [0.29, 0.717) is 0 Å². The summed E-state index contributed by atoms with van der Waals surface area (Å²) >= 11 is 0. The molecule has 0 amide bonds. The second-order valence-corrected chi connectivity index (χ2v) is 4.68. The smallest absolute Gasteiger partial charge is 0.0221 e. The van der Waals surface area contributed by atoms with Crippen LogP contribution in [0.2, 0.25) is 0 Å². The molecular formula is C15H20. The van der Waals surface area contributed by atoms with Crippen LogP contribution in [0.25, 0.3) is 0 Å². The van der Waals surface area contributed by atoms with Crippen molar-refractivity contribution in [2.75, 3.05) is 0 Å². The minimum Gasteiger partial charge on any atom is -0.0842 e. The lowest BCUT2D eigenvalue weighted by molar-refractivity contribution is 0.672. The number of hydrogen-bond acceptors (Lipinski definition) is 0. The van der Waals surface area contributed by atoms with Crippen LogP contribution in [0.1, 0.15) is 39.0 Å². The summed E-state index contributed by atoms with van der Waals surface area (Å²) in [7, 11) is 0. The zero-order valence-electron chi connectivity index (χ0n) is 9.58. The average Bonchev–Trinajstić information content (AvgIpc) is 2.28. The molecule has 1 unspecified atom stereocenters. The fourth-order valence-corrected chi connectivity index (χ4v) is 2.30. The van der Waals surface area contributed by atoms with E-state index in [4.69, 9.17) is 0 Å². The molecule has 0 nitrogen and oxygen atoms in total. The molecule has 80 valence electrons. The molecule has 0 saturated heterocycles. The van der Waals surface area contributed by atoms with E-state index in [1.54, 1.807) is 11.1 Å². The maximum Gasteiger partial charge on any atom is -0.0221 e. The SMILES string of the molecule is CC1C=CC=C(CCC2=CC=CCC2)C1. The van der Waals surface area contributed by atoms with E-state index in [-0.39, 0.29) is 0 Å². The summed E-state index contributed by atoms with van der Waals surface area (Å²) in [5, 5.41) is 0. The molecule has 0 fully saturated rings. The predicted molar refractivity (Wildman–Crippen MR) is 66.7 cm³/mol. The summed E-state index contributed by atoms with van der Waals surface area (Å²) in [5.41, 5.74) is 3.25. The molecule has 15 heavy (non-hydrogen) atoms. The van der Waals surface area contributed by atoms with Crippen molar-refractivity contribution in [2.45, 2.75) is 39.0 Å². The van der Waals surface area contributed by atoms with Gasteiger partial charge in [0.25, 0.3) is 0 Å². The van der Waals surface area contributed by atoms with Gasteiger partial charge >= 0.3 is 0 Å². The van der Waals surface area contributed by atoms with Crippen molar-refractivity contribution in [2.24, 2.45) is 5.92 Å². The van der Waals surface area contributed by atoms with Crippen molar-refractivity contribution in [1.82, 2.24) is 0 Å². The highest BCUT2D eigenvalue weighted by atomic mass is 14.1. The zero-order valence-corrected chi connectivity index (χ0v) is 9.58. The molecule has 1 atom stereocenters. The van der Waals surface area contributed by atoms with E-state index in [0.717, 1.165) is 5.92 Å². The van der Waals surface area contributed by atoms with Crippen LogP contribution in [-0.2, 0) is 0 Å². The van der Waals surface area contributed by atoms with Crippen molar-refractivity contribution in [3.63, 3.8) is 0 Å². The molecule has 2 rings (SSSR count). The summed E-state index contributed by atoms with van der Waals surface area (Å²) in [5.74, 6) is 0.741. The topological polar surface area (TPSA) is 0 Å². The zero-order chi connectivity index (χ0) is 10.5. The molecule has 0 heterocycles. The highest BCUT2D eigenvalue weighted by Gasteiger charge is 2.07. The number of rotatable bonds is 3. The molecule has 2 aliphatic carbocycles. The average molecular weight is 200 g/mol. The third-order valence-corrected chi connectivity index (χ3v) is 3.22. The maximum atomic E-state index is 2.30. The van der Waals surface area contributed by atoms with Gasteiger partial charge in [-0.15, -0.1) is 0 Å². The van der Waals surface area contributed by atoms with Crippen molar-refractivity contribution in [3.05, 3.63) is 47.6 Å². The Morgan fingerprint density at radius 2 is 1.93 bits per heavy atom. The summed E-state index contributed by atoms with van der Waals surface area (Å²) in [6, 6.07) is 0. The largest absolute Gasteiger partial charge is 0.0842 e. The monoisotopic (exact) mass is 200 g/mol. The van der Waals surface area contributed by atoms with E-state index in [1.807, 2.05) is 0 Å². The van der Waals surface area contributed by atoms with Gasteiger partial charge in [-0.25, -0.2) is 0 Å². The van der Waals surface area contributed by atoms with Gasteiger partial charge in [-0.3, -0.25) is 0 Å². The van der Waals surface area contributed by atoms with Gasteiger partial charge in [-0.1, -0.05) is 54.5 Å². The van der Waals surface area contributed by atoms with E-state index in [1.165, 1.54) is 32.1 Å². The lowest BCUT2D eigenvalue weighted by Gasteiger charge is -2.15. The fourth-order valence-electron chi connectivity index (χ4n) is 2.30. The Balaban J connectivity index is 1.83. The van der Waals surface area contributed by atoms with Crippen LogP contribution < -0.4 is 0 Å². The van der Waals surface area contributed by atoms with Crippen molar-refractivity contribution < 1.29 is 0 Å². The van der Waals surface area contributed by atoms with Crippen molar-refractivity contribution in [1.29, 1.82) is 0 Å². The second kappa shape index (κ2) is 5.16. The van der Waals surface area contributed by atoms with Crippen molar-refractivity contribution >= 4 is 0 Å². The molecule has 0 aromatic heterocycles. The number of hydrogen-bond donors (Lipinski definition) is 0. The van der Waals surface area contributed by atoms with Crippen LogP contribution in [0, 0.1) is 5.92 Å². The Labute approximate surface area is 93.1 Å². The lowest BCUT2D eigenvalue weighted by atomic mass is 9.90. The van der Waals surface area contributed by atoms with Gasteiger partial charge in [0.15, 0.2) is 0 Å².